The number of nitrogens with one attached hydrogen (secondary N) is 2. The van der Waals surface area contributed by atoms with Crippen LogP contribution in [0.2, 0.25) is 0 Å². The maximum Gasteiger partial charge on any atom is 0.243 e. The summed E-state index contributed by atoms with van der Waals surface area (Å²) < 4.78 is 13.0. The van der Waals surface area contributed by atoms with E-state index in [1.807, 2.05) is 31.2 Å². The Balaban J connectivity index is 1.97. The SMILES string of the molecule is Cc1cccc(NC(=O)CNc2ccc(F)cc2C#N)c1. The number of benzene rings is 2. The quantitative estimate of drug-likeness (QED) is 0.906. The second-order valence-corrected chi connectivity index (χ2v) is 4.57. The predicted molar refractivity (Wildman–Crippen MR) is 79.4 cm³/mol. The van der Waals surface area contributed by atoms with Crippen molar-refractivity contribution in [3.63, 3.8) is 0 Å². The molecule has 106 valence electrons. The standard InChI is InChI=1S/C16H14FN3O/c1-11-3-2-4-14(7-11)20-16(21)10-19-15-6-5-13(17)8-12(15)9-18/h2-8,19H,10H2,1H3,(H,20,21). The van der Waals surface area contributed by atoms with Gasteiger partial charge in [0.15, 0.2) is 0 Å². The van der Waals surface area contributed by atoms with Gasteiger partial charge in [0.05, 0.1) is 17.8 Å². The van der Waals surface area contributed by atoms with E-state index in [1.54, 1.807) is 6.07 Å². The molecule has 0 saturated carbocycles. The van der Waals surface area contributed by atoms with Crippen molar-refractivity contribution in [1.29, 1.82) is 5.26 Å². The van der Waals surface area contributed by atoms with Crippen molar-refractivity contribution in [3.8, 4) is 6.07 Å². The van der Waals surface area contributed by atoms with E-state index in [-0.39, 0.29) is 18.0 Å². The Hall–Kier alpha value is -2.87. The number of carbonyl (C=O) groups is 1. The van der Waals surface area contributed by atoms with Gasteiger partial charge in [0.2, 0.25) is 5.91 Å². The van der Waals surface area contributed by atoms with Crippen LogP contribution in [0.15, 0.2) is 42.5 Å². The third kappa shape index (κ3) is 4.05. The lowest BCUT2D eigenvalue weighted by molar-refractivity contribution is -0.114. The van der Waals surface area contributed by atoms with Crippen molar-refractivity contribution in [2.24, 2.45) is 0 Å². The number of nitriles is 1. The summed E-state index contributed by atoms with van der Waals surface area (Å²) in [5.41, 5.74) is 2.35. The van der Waals surface area contributed by atoms with Gasteiger partial charge >= 0.3 is 0 Å². The summed E-state index contributed by atoms with van der Waals surface area (Å²) in [7, 11) is 0. The van der Waals surface area contributed by atoms with E-state index in [1.165, 1.54) is 12.1 Å². The van der Waals surface area contributed by atoms with Crippen molar-refractivity contribution in [2.75, 3.05) is 17.2 Å². The van der Waals surface area contributed by atoms with Crippen molar-refractivity contribution in [2.45, 2.75) is 6.92 Å². The molecule has 0 aromatic heterocycles. The van der Waals surface area contributed by atoms with Gasteiger partial charge < -0.3 is 10.6 Å². The van der Waals surface area contributed by atoms with Gasteiger partial charge in [-0.1, -0.05) is 12.1 Å². The summed E-state index contributed by atoms with van der Waals surface area (Å²) in [6.07, 6.45) is 0. The number of aryl methyl sites for hydroxylation is 1. The van der Waals surface area contributed by atoms with Gasteiger partial charge in [-0.15, -0.1) is 0 Å². The largest absolute Gasteiger partial charge is 0.375 e. The summed E-state index contributed by atoms with van der Waals surface area (Å²) >= 11 is 0. The predicted octanol–water partition coefficient (Wildman–Crippen LogP) is 3.06. The number of amides is 1. The molecule has 0 fully saturated rings. The highest BCUT2D eigenvalue weighted by atomic mass is 19.1. The van der Waals surface area contributed by atoms with Crippen LogP contribution < -0.4 is 10.6 Å². The third-order valence-corrected chi connectivity index (χ3v) is 2.84. The molecule has 0 aliphatic carbocycles. The lowest BCUT2D eigenvalue weighted by Crippen LogP contribution is -2.22. The number of hydrogen-bond donors (Lipinski definition) is 2. The fourth-order valence-corrected chi connectivity index (χ4v) is 1.87. The fraction of sp³-hybridized carbons (Fsp3) is 0.125. The smallest absolute Gasteiger partial charge is 0.243 e. The molecule has 0 unspecified atom stereocenters. The molecular weight excluding hydrogens is 269 g/mol. The molecule has 0 heterocycles. The van der Waals surface area contributed by atoms with Gasteiger partial charge in [-0.2, -0.15) is 5.26 Å². The minimum Gasteiger partial charge on any atom is -0.375 e. The Morgan fingerprint density at radius 2 is 2.10 bits per heavy atom. The van der Waals surface area contributed by atoms with E-state index in [4.69, 9.17) is 5.26 Å². The molecule has 21 heavy (non-hydrogen) atoms. The van der Waals surface area contributed by atoms with E-state index in [0.29, 0.717) is 11.4 Å². The molecule has 2 aromatic rings. The van der Waals surface area contributed by atoms with Crippen molar-refractivity contribution < 1.29 is 9.18 Å². The first-order valence-electron chi connectivity index (χ1n) is 6.38. The van der Waals surface area contributed by atoms with E-state index >= 15 is 0 Å². The summed E-state index contributed by atoms with van der Waals surface area (Å²) in [5, 5.41) is 14.5. The van der Waals surface area contributed by atoms with Crippen LogP contribution in [-0.4, -0.2) is 12.5 Å². The monoisotopic (exact) mass is 283 g/mol. The highest BCUT2D eigenvalue weighted by molar-refractivity contribution is 5.94. The molecule has 0 radical (unpaired) electrons. The number of carbonyl (C=O) groups excluding carboxylic acids is 1. The first kappa shape index (κ1) is 14.5. The van der Waals surface area contributed by atoms with E-state index in [0.717, 1.165) is 11.6 Å². The molecule has 0 spiro atoms. The Morgan fingerprint density at radius 1 is 1.29 bits per heavy atom. The number of nitrogens with zero attached hydrogens (tertiary/aromatic N) is 1. The topological polar surface area (TPSA) is 64.9 Å². The third-order valence-electron chi connectivity index (χ3n) is 2.84. The molecule has 0 aliphatic rings. The van der Waals surface area contributed by atoms with Gasteiger partial charge in [-0.3, -0.25) is 4.79 Å². The van der Waals surface area contributed by atoms with Crippen LogP contribution in [0.25, 0.3) is 0 Å². The van der Waals surface area contributed by atoms with Gasteiger partial charge in [0.1, 0.15) is 11.9 Å². The first-order chi connectivity index (χ1) is 10.1. The average Bonchev–Trinajstić information content (AvgIpc) is 2.45. The molecule has 4 nitrogen and oxygen atoms in total. The highest BCUT2D eigenvalue weighted by Crippen LogP contribution is 2.16. The normalized spacial score (nSPS) is 9.76. The fourth-order valence-electron chi connectivity index (χ4n) is 1.87. The number of anilines is 2. The molecule has 0 atom stereocenters. The van der Waals surface area contributed by atoms with Crippen LogP contribution in [0.5, 0.6) is 0 Å². The number of rotatable bonds is 4. The Labute approximate surface area is 122 Å². The molecule has 0 aliphatic heterocycles. The summed E-state index contributed by atoms with van der Waals surface area (Å²) in [4.78, 5) is 11.8. The summed E-state index contributed by atoms with van der Waals surface area (Å²) in [5.74, 6) is -0.727. The Bertz CT molecular complexity index is 707. The summed E-state index contributed by atoms with van der Waals surface area (Å²) in [6.45, 7) is 1.93. The van der Waals surface area contributed by atoms with Crippen LogP contribution in [0.3, 0.4) is 0 Å². The van der Waals surface area contributed by atoms with E-state index in [9.17, 15) is 9.18 Å². The molecule has 1 amide bonds. The number of halogens is 1. The van der Waals surface area contributed by atoms with Crippen LogP contribution in [0, 0.1) is 24.1 Å². The second kappa shape index (κ2) is 6.53. The Kier molecular flexibility index (Phi) is 4.52. The van der Waals surface area contributed by atoms with Crippen LogP contribution in [0.4, 0.5) is 15.8 Å². The molecule has 2 N–H and O–H groups in total. The van der Waals surface area contributed by atoms with Gasteiger partial charge in [-0.05, 0) is 42.8 Å². The Morgan fingerprint density at radius 3 is 2.81 bits per heavy atom. The maximum atomic E-state index is 13.0. The number of hydrogen-bond acceptors (Lipinski definition) is 3. The first-order valence-corrected chi connectivity index (χ1v) is 6.38. The molecule has 2 rings (SSSR count). The lowest BCUT2D eigenvalue weighted by atomic mass is 10.2. The molecule has 5 heteroatoms. The minimum absolute atomic E-state index is 0.00570. The van der Waals surface area contributed by atoms with E-state index < -0.39 is 5.82 Å². The molecule has 0 bridgehead atoms. The zero-order valence-corrected chi connectivity index (χ0v) is 11.5. The zero-order valence-electron chi connectivity index (χ0n) is 11.5. The van der Waals surface area contributed by atoms with Gasteiger partial charge in [0.25, 0.3) is 0 Å². The van der Waals surface area contributed by atoms with E-state index in [2.05, 4.69) is 10.6 Å². The lowest BCUT2D eigenvalue weighted by Gasteiger charge is -2.09. The zero-order chi connectivity index (χ0) is 15.2. The molecule has 0 saturated heterocycles. The minimum atomic E-state index is -0.485. The van der Waals surface area contributed by atoms with Gasteiger partial charge in [0, 0.05) is 5.69 Å². The van der Waals surface area contributed by atoms with Crippen LogP contribution >= 0.6 is 0 Å². The van der Waals surface area contributed by atoms with Crippen molar-refractivity contribution in [3.05, 3.63) is 59.4 Å². The van der Waals surface area contributed by atoms with Crippen molar-refractivity contribution >= 4 is 17.3 Å². The molecule has 2 aromatic carbocycles. The van der Waals surface area contributed by atoms with Gasteiger partial charge in [-0.25, -0.2) is 4.39 Å². The van der Waals surface area contributed by atoms with Crippen LogP contribution in [-0.2, 0) is 4.79 Å². The second-order valence-electron chi connectivity index (χ2n) is 4.57. The summed E-state index contributed by atoms with van der Waals surface area (Å²) in [6, 6.07) is 13.1. The van der Waals surface area contributed by atoms with Crippen molar-refractivity contribution in [1.82, 2.24) is 0 Å². The maximum absolute atomic E-state index is 13.0. The highest BCUT2D eigenvalue weighted by Gasteiger charge is 2.06. The molecular formula is C16H14FN3O. The average molecular weight is 283 g/mol. The van der Waals surface area contributed by atoms with Crippen LogP contribution in [0.1, 0.15) is 11.1 Å².